The summed E-state index contributed by atoms with van der Waals surface area (Å²) in [6.45, 7) is -0.178. The Morgan fingerprint density at radius 1 is 1.20 bits per heavy atom. The van der Waals surface area contributed by atoms with Crippen LogP contribution in [0, 0.1) is 0 Å². The number of hydrogen-bond acceptors (Lipinski definition) is 7. The van der Waals surface area contributed by atoms with E-state index in [9.17, 15) is 14.4 Å². The van der Waals surface area contributed by atoms with Crippen molar-refractivity contribution < 1.29 is 14.3 Å². The average Bonchev–Trinajstić information content (AvgIpc) is 3.16. The number of ether oxygens (including phenoxy) is 1. The Morgan fingerprint density at radius 2 is 2.04 bits per heavy atom. The van der Waals surface area contributed by atoms with E-state index in [-0.39, 0.29) is 31.2 Å². The summed E-state index contributed by atoms with van der Waals surface area (Å²) in [5, 5.41) is 12.4. The fraction of sp³-hybridized carbons (Fsp3) is 0.188. The standard InChI is InChI=1S/C16H14N4O4S/c21-14(7-8-17-15(22)13-6-3-9-25-13)24-10-20-16(23)11-4-1-2-5-12(11)18-19-20/h1-6,9H,7-8,10H2,(H,17,22). The summed E-state index contributed by atoms with van der Waals surface area (Å²) >= 11 is 1.32. The number of nitrogens with zero attached hydrogens (tertiary/aromatic N) is 3. The van der Waals surface area contributed by atoms with E-state index in [0.717, 1.165) is 4.68 Å². The van der Waals surface area contributed by atoms with E-state index >= 15 is 0 Å². The molecule has 1 amide bonds. The number of carbonyl (C=O) groups is 2. The maximum atomic E-state index is 12.2. The molecule has 2 heterocycles. The normalized spacial score (nSPS) is 10.6. The van der Waals surface area contributed by atoms with E-state index in [1.165, 1.54) is 11.3 Å². The van der Waals surface area contributed by atoms with Crippen LogP contribution in [0.3, 0.4) is 0 Å². The fourth-order valence-electron chi connectivity index (χ4n) is 2.09. The third-order valence-corrected chi connectivity index (χ3v) is 4.21. The number of rotatable bonds is 6. The molecular weight excluding hydrogens is 344 g/mol. The largest absolute Gasteiger partial charge is 0.442 e. The molecule has 3 rings (SSSR count). The molecule has 1 N–H and O–H groups in total. The van der Waals surface area contributed by atoms with E-state index < -0.39 is 5.97 Å². The van der Waals surface area contributed by atoms with Gasteiger partial charge >= 0.3 is 5.97 Å². The van der Waals surface area contributed by atoms with Crippen LogP contribution < -0.4 is 10.9 Å². The summed E-state index contributed by atoms with van der Waals surface area (Å²) in [4.78, 5) is 36.2. The number of fused-ring (bicyclic) bond motifs is 1. The van der Waals surface area contributed by atoms with Gasteiger partial charge in [0.2, 0.25) is 0 Å². The van der Waals surface area contributed by atoms with E-state index in [1.807, 2.05) is 0 Å². The highest BCUT2D eigenvalue weighted by atomic mass is 32.1. The molecule has 0 unspecified atom stereocenters. The molecule has 128 valence electrons. The van der Waals surface area contributed by atoms with Crippen molar-refractivity contribution in [2.24, 2.45) is 0 Å². The van der Waals surface area contributed by atoms with E-state index in [0.29, 0.717) is 15.8 Å². The van der Waals surface area contributed by atoms with Crippen LogP contribution in [0.25, 0.3) is 10.9 Å². The summed E-state index contributed by atoms with van der Waals surface area (Å²) < 4.78 is 5.98. The number of nitrogens with one attached hydrogen (secondary N) is 1. The Balaban J connectivity index is 1.50. The first-order valence-electron chi connectivity index (χ1n) is 7.45. The number of aromatic nitrogens is 3. The molecule has 0 fully saturated rings. The summed E-state index contributed by atoms with van der Waals surface area (Å²) in [5.74, 6) is -0.784. The van der Waals surface area contributed by atoms with Crippen LogP contribution in [0.2, 0.25) is 0 Å². The molecule has 0 bridgehead atoms. The molecule has 0 saturated heterocycles. The maximum absolute atomic E-state index is 12.2. The fourth-order valence-corrected chi connectivity index (χ4v) is 2.73. The molecule has 2 aromatic heterocycles. The minimum atomic E-state index is -0.548. The Labute approximate surface area is 146 Å². The van der Waals surface area contributed by atoms with Crippen molar-refractivity contribution in [3.8, 4) is 0 Å². The van der Waals surface area contributed by atoms with Crippen molar-refractivity contribution in [1.82, 2.24) is 20.3 Å². The van der Waals surface area contributed by atoms with Gasteiger partial charge in [0.1, 0.15) is 5.52 Å². The van der Waals surface area contributed by atoms with Gasteiger partial charge in [0, 0.05) is 6.54 Å². The summed E-state index contributed by atoms with van der Waals surface area (Å²) in [5.41, 5.74) is 0.0933. The Bertz CT molecular complexity index is 952. The molecule has 0 saturated carbocycles. The lowest BCUT2D eigenvalue weighted by Crippen LogP contribution is -2.28. The van der Waals surface area contributed by atoms with Crippen molar-refractivity contribution in [2.75, 3.05) is 6.54 Å². The van der Waals surface area contributed by atoms with Gasteiger partial charge in [-0.1, -0.05) is 23.4 Å². The Morgan fingerprint density at radius 3 is 2.84 bits per heavy atom. The third-order valence-electron chi connectivity index (χ3n) is 3.34. The summed E-state index contributed by atoms with van der Waals surface area (Å²) in [6.07, 6.45) is -0.00707. The van der Waals surface area contributed by atoms with E-state index in [4.69, 9.17) is 4.74 Å². The zero-order valence-electron chi connectivity index (χ0n) is 13.0. The summed E-state index contributed by atoms with van der Waals surface area (Å²) in [7, 11) is 0. The minimum absolute atomic E-state index is 0.00707. The van der Waals surface area contributed by atoms with Gasteiger partial charge in [0.05, 0.1) is 16.7 Å². The second-order valence-electron chi connectivity index (χ2n) is 5.04. The van der Waals surface area contributed by atoms with Crippen molar-refractivity contribution in [3.05, 3.63) is 57.0 Å². The smallest absolute Gasteiger partial charge is 0.309 e. The average molecular weight is 358 g/mol. The highest BCUT2D eigenvalue weighted by Crippen LogP contribution is 2.07. The highest BCUT2D eigenvalue weighted by Gasteiger charge is 2.10. The van der Waals surface area contributed by atoms with Gasteiger partial charge < -0.3 is 10.1 Å². The molecule has 0 aliphatic heterocycles. The van der Waals surface area contributed by atoms with Gasteiger partial charge in [-0.3, -0.25) is 14.4 Å². The second-order valence-corrected chi connectivity index (χ2v) is 5.99. The molecule has 0 aliphatic rings. The minimum Gasteiger partial charge on any atom is -0.442 e. The molecule has 25 heavy (non-hydrogen) atoms. The van der Waals surface area contributed by atoms with Crippen LogP contribution in [-0.4, -0.2) is 33.4 Å². The lowest BCUT2D eigenvalue weighted by atomic mass is 10.2. The monoisotopic (exact) mass is 358 g/mol. The zero-order chi connectivity index (χ0) is 17.6. The van der Waals surface area contributed by atoms with Crippen molar-refractivity contribution in [3.63, 3.8) is 0 Å². The van der Waals surface area contributed by atoms with Crippen molar-refractivity contribution in [2.45, 2.75) is 13.2 Å². The van der Waals surface area contributed by atoms with Crippen LogP contribution in [0.15, 0.2) is 46.6 Å². The molecule has 1 aromatic carbocycles. The topological polar surface area (TPSA) is 103 Å². The Hall–Kier alpha value is -3.07. The van der Waals surface area contributed by atoms with Crippen LogP contribution in [0.5, 0.6) is 0 Å². The van der Waals surface area contributed by atoms with Crippen molar-refractivity contribution in [1.29, 1.82) is 0 Å². The number of carbonyl (C=O) groups excluding carboxylic acids is 2. The first-order valence-corrected chi connectivity index (χ1v) is 8.33. The molecular formula is C16H14N4O4S. The Kier molecular flexibility index (Phi) is 5.14. The van der Waals surface area contributed by atoms with Crippen LogP contribution in [0.1, 0.15) is 16.1 Å². The summed E-state index contributed by atoms with van der Waals surface area (Å²) in [6, 6.07) is 10.3. The van der Waals surface area contributed by atoms with Crippen LogP contribution >= 0.6 is 11.3 Å². The van der Waals surface area contributed by atoms with E-state index in [1.54, 1.807) is 41.8 Å². The molecule has 8 nitrogen and oxygen atoms in total. The quantitative estimate of drug-likeness (QED) is 0.664. The zero-order valence-corrected chi connectivity index (χ0v) is 13.9. The molecule has 3 aromatic rings. The maximum Gasteiger partial charge on any atom is 0.309 e. The van der Waals surface area contributed by atoms with Gasteiger partial charge in [-0.2, -0.15) is 4.68 Å². The van der Waals surface area contributed by atoms with Crippen molar-refractivity contribution >= 4 is 34.1 Å². The predicted octanol–water partition coefficient (Wildman–Crippen LogP) is 1.17. The van der Waals surface area contributed by atoms with Gasteiger partial charge in [-0.05, 0) is 23.6 Å². The number of esters is 1. The second kappa shape index (κ2) is 7.67. The molecule has 0 atom stereocenters. The third kappa shape index (κ3) is 4.07. The SMILES string of the molecule is O=C(CCNC(=O)c1cccs1)OCn1nnc2ccccc2c1=O. The molecule has 0 aliphatic carbocycles. The van der Waals surface area contributed by atoms with E-state index in [2.05, 4.69) is 15.6 Å². The molecule has 0 radical (unpaired) electrons. The van der Waals surface area contributed by atoms with Crippen LogP contribution in [-0.2, 0) is 16.3 Å². The first-order chi connectivity index (χ1) is 12.1. The number of thiophene rings is 1. The lowest BCUT2D eigenvalue weighted by Gasteiger charge is -2.07. The number of amides is 1. The number of benzene rings is 1. The van der Waals surface area contributed by atoms with Gasteiger partial charge in [0.25, 0.3) is 11.5 Å². The van der Waals surface area contributed by atoms with Gasteiger partial charge in [0.15, 0.2) is 6.73 Å². The first kappa shape index (κ1) is 16.8. The molecule has 0 spiro atoms. The highest BCUT2D eigenvalue weighted by molar-refractivity contribution is 7.12. The predicted molar refractivity (Wildman–Crippen MR) is 91.2 cm³/mol. The molecule has 9 heteroatoms. The van der Waals surface area contributed by atoms with Gasteiger partial charge in [-0.15, -0.1) is 16.4 Å². The number of hydrogen-bond donors (Lipinski definition) is 1. The van der Waals surface area contributed by atoms with Crippen LogP contribution in [0.4, 0.5) is 0 Å². The van der Waals surface area contributed by atoms with Gasteiger partial charge in [-0.25, -0.2) is 0 Å². The lowest BCUT2D eigenvalue weighted by molar-refractivity contribution is -0.147.